The van der Waals surface area contributed by atoms with Crippen molar-refractivity contribution in [3.63, 3.8) is 0 Å². The standard InChI is InChI=1S/C14H21NO/c1-11-5-2-3-6-12(11)9-15-10-13-7-4-8-14(13)16/h2-3,5-6,13-16H,4,7-10H2,1H3. The molecule has 0 bridgehead atoms. The van der Waals surface area contributed by atoms with E-state index in [1.165, 1.54) is 24.0 Å². The fraction of sp³-hybridized carbons (Fsp3) is 0.571. The molecular formula is C14H21NO. The van der Waals surface area contributed by atoms with E-state index in [1.807, 2.05) is 0 Å². The lowest BCUT2D eigenvalue weighted by molar-refractivity contribution is 0.131. The molecule has 2 atom stereocenters. The molecule has 1 aliphatic carbocycles. The lowest BCUT2D eigenvalue weighted by Gasteiger charge is -2.15. The summed E-state index contributed by atoms with van der Waals surface area (Å²) < 4.78 is 0. The van der Waals surface area contributed by atoms with Crippen molar-refractivity contribution in [3.05, 3.63) is 35.4 Å². The topological polar surface area (TPSA) is 32.3 Å². The summed E-state index contributed by atoms with van der Waals surface area (Å²) >= 11 is 0. The van der Waals surface area contributed by atoms with E-state index in [4.69, 9.17) is 0 Å². The number of hydrogen-bond donors (Lipinski definition) is 2. The average molecular weight is 219 g/mol. The molecule has 0 radical (unpaired) electrons. The van der Waals surface area contributed by atoms with Crippen LogP contribution in [0.2, 0.25) is 0 Å². The summed E-state index contributed by atoms with van der Waals surface area (Å²) in [5, 5.41) is 13.2. The first-order valence-corrected chi connectivity index (χ1v) is 6.20. The van der Waals surface area contributed by atoms with Crippen LogP contribution >= 0.6 is 0 Å². The second-order valence-electron chi connectivity index (χ2n) is 4.82. The van der Waals surface area contributed by atoms with Gasteiger partial charge in [0.25, 0.3) is 0 Å². The Bertz CT molecular complexity index is 337. The van der Waals surface area contributed by atoms with Crippen molar-refractivity contribution >= 4 is 0 Å². The molecule has 0 saturated heterocycles. The van der Waals surface area contributed by atoms with Crippen LogP contribution in [0.4, 0.5) is 0 Å². The molecule has 2 unspecified atom stereocenters. The van der Waals surface area contributed by atoms with E-state index in [0.717, 1.165) is 19.5 Å². The average Bonchev–Trinajstić information content (AvgIpc) is 2.67. The highest BCUT2D eigenvalue weighted by atomic mass is 16.3. The van der Waals surface area contributed by atoms with Crippen LogP contribution in [0.1, 0.15) is 30.4 Å². The van der Waals surface area contributed by atoms with Gasteiger partial charge in [0.05, 0.1) is 6.10 Å². The van der Waals surface area contributed by atoms with Crippen molar-refractivity contribution < 1.29 is 5.11 Å². The van der Waals surface area contributed by atoms with Crippen LogP contribution in [0.3, 0.4) is 0 Å². The normalized spacial score (nSPS) is 24.9. The van der Waals surface area contributed by atoms with Gasteiger partial charge < -0.3 is 10.4 Å². The SMILES string of the molecule is Cc1ccccc1CNCC1CCCC1O. The van der Waals surface area contributed by atoms with Crippen LogP contribution in [0.25, 0.3) is 0 Å². The third-order valence-electron chi connectivity index (χ3n) is 3.60. The second kappa shape index (κ2) is 5.46. The predicted molar refractivity (Wildman–Crippen MR) is 66.2 cm³/mol. The van der Waals surface area contributed by atoms with Crippen LogP contribution in [-0.2, 0) is 6.54 Å². The zero-order valence-electron chi connectivity index (χ0n) is 9.95. The van der Waals surface area contributed by atoms with Gasteiger partial charge in [-0.15, -0.1) is 0 Å². The van der Waals surface area contributed by atoms with Crippen LogP contribution in [0.15, 0.2) is 24.3 Å². The van der Waals surface area contributed by atoms with Gasteiger partial charge in [0.1, 0.15) is 0 Å². The lowest BCUT2D eigenvalue weighted by atomic mass is 10.1. The van der Waals surface area contributed by atoms with Gasteiger partial charge in [-0.25, -0.2) is 0 Å². The molecule has 1 fully saturated rings. The van der Waals surface area contributed by atoms with E-state index in [-0.39, 0.29) is 6.10 Å². The molecule has 2 N–H and O–H groups in total. The van der Waals surface area contributed by atoms with Crippen molar-refractivity contribution in [2.75, 3.05) is 6.54 Å². The van der Waals surface area contributed by atoms with Crippen LogP contribution in [0.5, 0.6) is 0 Å². The number of aliphatic hydroxyl groups excluding tert-OH is 1. The quantitative estimate of drug-likeness (QED) is 0.814. The van der Waals surface area contributed by atoms with Crippen LogP contribution in [0, 0.1) is 12.8 Å². The predicted octanol–water partition coefficient (Wildman–Crippen LogP) is 2.25. The molecule has 0 spiro atoms. The van der Waals surface area contributed by atoms with Gasteiger partial charge in [-0.2, -0.15) is 0 Å². The summed E-state index contributed by atoms with van der Waals surface area (Å²) in [5.74, 6) is 0.462. The molecule has 1 aromatic carbocycles. The molecule has 0 aliphatic heterocycles. The van der Waals surface area contributed by atoms with E-state index >= 15 is 0 Å². The molecule has 2 rings (SSSR count). The number of aryl methyl sites for hydroxylation is 1. The van der Waals surface area contributed by atoms with Gasteiger partial charge in [0.2, 0.25) is 0 Å². The molecule has 2 heteroatoms. The molecule has 0 heterocycles. The first kappa shape index (κ1) is 11.6. The number of hydrogen-bond acceptors (Lipinski definition) is 2. The van der Waals surface area contributed by atoms with Gasteiger partial charge in [-0.1, -0.05) is 30.7 Å². The van der Waals surface area contributed by atoms with Crippen molar-refractivity contribution in [2.45, 2.75) is 38.8 Å². The van der Waals surface area contributed by atoms with Gasteiger partial charge in [-0.05, 0) is 36.8 Å². The Labute approximate surface area is 97.7 Å². The summed E-state index contributed by atoms with van der Waals surface area (Å²) in [7, 11) is 0. The van der Waals surface area contributed by atoms with E-state index in [9.17, 15) is 5.11 Å². The van der Waals surface area contributed by atoms with Crippen molar-refractivity contribution in [2.24, 2.45) is 5.92 Å². The molecule has 0 aromatic heterocycles. The van der Waals surface area contributed by atoms with Gasteiger partial charge in [0, 0.05) is 13.1 Å². The molecule has 1 aliphatic rings. The molecule has 2 nitrogen and oxygen atoms in total. The monoisotopic (exact) mass is 219 g/mol. The third-order valence-corrected chi connectivity index (χ3v) is 3.60. The minimum absolute atomic E-state index is 0.0793. The summed E-state index contributed by atoms with van der Waals surface area (Å²) in [6.07, 6.45) is 3.25. The van der Waals surface area contributed by atoms with E-state index in [1.54, 1.807) is 0 Å². The number of rotatable bonds is 4. The fourth-order valence-corrected chi connectivity index (χ4v) is 2.46. The van der Waals surface area contributed by atoms with Crippen molar-refractivity contribution in [1.82, 2.24) is 5.32 Å². The molecule has 16 heavy (non-hydrogen) atoms. The second-order valence-corrected chi connectivity index (χ2v) is 4.82. The highest BCUT2D eigenvalue weighted by molar-refractivity contribution is 5.25. The summed E-state index contributed by atoms with van der Waals surface area (Å²) in [5.41, 5.74) is 2.69. The zero-order chi connectivity index (χ0) is 11.4. The zero-order valence-corrected chi connectivity index (χ0v) is 9.95. The minimum atomic E-state index is -0.0793. The number of benzene rings is 1. The molecular weight excluding hydrogens is 198 g/mol. The Morgan fingerprint density at radius 3 is 2.81 bits per heavy atom. The highest BCUT2D eigenvalue weighted by Crippen LogP contribution is 2.24. The number of nitrogens with one attached hydrogen (secondary N) is 1. The van der Waals surface area contributed by atoms with Gasteiger partial charge in [-0.3, -0.25) is 0 Å². The van der Waals surface area contributed by atoms with Crippen LogP contribution < -0.4 is 5.32 Å². The summed E-state index contributed by atoms with van der Waals surface area (Å²) in [6, 6.07) is 8.45. The number of aliphatic hydroxyl groups is 1. The largest absolute Gasteiger partial charge is 0.393 e. The maximum absolute atomic E-state index is 9.70. The smallest absolute Gasteiger partial charge is 0.0580 e. The molecule has 88 valence electrons. The minimum Gasteiger partial charge on any atom is -0.393 e. The summed E-state index contributed by atoms with van der Waals surface area (Å²) in [6.45, 7) is 3.99. The summed E-state index contributed by atoms with van der Waals surface area (Å²) in [4.78, 5) is 0. The first-order chi connectivity index (χ1) is 7.77. The Morgan fingerprint density at radius 1 is 1.31 bits per heavy atom. The highest BCUT2D eigenvalue weighted by Gasteiger charge is 2.24. The maximum atomic E-state index is 9.70. The Hall–Kier alpha value is -0.860. The fourth-order valence-electron chi connectivity index (χ4n) is 2.46. The molecule has 1 saturated carbocycles. The molecule has 1 aromatic rings. The third kappa shape index (κ3) is 2.83. The lowest BCUT2D eigenvalue weighted by Crippen LogP contribution is -2.27. The van der Waals surface area contributed by atoms with Crippen molar-refractivity contribution in [1.29, 1.82) is 0 Å². The Balaban J connectivity index is 1.78. The maximum Gasteiger partial charge on any atom is 0.0580 e. The van der Waals surface area contributed by atoms with Gasteiger partial charge in [0.15, 0.2) is 0 Å². The van der Waals surface area contributed by atoms with E-state index in [0.29, 0.717) is 5.92 Å². The Morgan fingerprint density at radius 2 is 2.12 bits per heavy atom. The first-order valence-electron chi connectivity index (χ1n) is 6.20. The van der Waals surface area contributed by atoms with E-state index in [2.05, 4.69) is 36.5 Å². The van der Waals surface area contributed by atoms with E-state index < -0.39 is 0 Å². The van der Waals surface area contributed by atoms with Crippen LogP contribution in [-0.4, -0.2) is 17.8 Å². The van der Waals surface area contributed by atoms with Gasteiger partial charge >= 0.3 is 0 Å². The molecule has 0 amide bonds. The Kier molecular flexibility index (Phi) is 3.97. The van der Waals surface area contributed by atoms with Crippen molar-refractivity contribution in [3.8, 4) is 0 Å².